The van der Waals surface area contributed by atoms with Crippen molar-refractivity contribution in [2.45, 2.75) is 6.42 Å². The van der Waals surface area contributed by atoms with Crippen molar-refractivity contribution < 1.29 is 13.7 Å². The van der Waals surface area contributed by atoms with Gasteiger partial charge in [0.2, 0.25) is 12.1 Å². The third-order valence-corrected chi connectivity index (χ3v) is 4.17. The average molecular weight is 367 g/mol. The van der Waals surface area contributed by atoms with Gasteiger partial charge in [0.25, 0.3) is 0 Å². The molecule has 0 spiro atoms. The van der Waals surface area contributed by atoms with Crippen LogP contribution < -0.4 is 9.63 Å². The molecular formula is C15H15ClN4O3S. The topological polar surface area (TPSA) is 82.1 Å². The summed E-state index contributed by atoms with van der Waals surface area (Å²) in [4.78, 5) is 13.6. The van der Waals surface area contributed by atoms with E-state index in [1.54, 1.807) is 12.1 Å². The molecule has 0 radical (unpaired) electrons. The van der Waals surface area contributed by atoms with Gasteiger partial charge < -0.3 is 5.21 Å². The van der Waals surface area contributed by atoms with Crippen LogP contribution in [0.3, 0.4) is 0 Å². The zero-order valence-electron chi connectivity index (χ0n) is 12.9. The molecular weight excluding hydrogens is 352 g/mol. The molecule has 0 aliphatic carbocycles. The van der Waals surface area contributed by atoms with Crippen molar-refractivity contribution in [3.63, 3.8) is 0 Å². The van der Waals surface area contributed by atoms with Crippen molar-refractivity contribution in [1.29, 1.82) is 0 Å². The lowest BCUT2D eigenvalue weighted by atomic mass is 10.3. The predicted molar refractivity (Wildman–Crippen MR) is 92.3 cm³/mol. The van der Waals surface area contributed by atoms with E-state index >= 15 is 0 Å². The summed E-state index contributed by atoms with van der Waals surface area (Å²) in [5.74, 6) is 2.34. The van der Waals surface area contributed by atoms with Gasteiger partial charge in [-0.2, -0.15) is 9.83 Å². The minimum absolute atomic E-state index is 0.0109. The minimum Gasteiger partial charge on any atom is -0.619 e. The molecule has 0 saturated carbocycles. The highest BCUT2D eigenvalue weighted by Crippen LogP contribution is 2.26. The van der Waals surface area contributed by atoms with Crippen LogP contribution in [0.5, 0.6) is 0 Å². The van der Waals surface area contributed by atoms with Gasteiger partial charge in [-0.05, 0) is 6.07 Å². The maximum atomic E-state index is 12.3. The third-order valence-electron chi connectivity index (χ3n) is 3.12. The average Bonchev–Trinajstić information content (AvgIpc) is 2.92. The second kappa shape index (κ2) is 7.95. The normalized spacial score (nSPS) is 11.7. The molecule has 2 aromatic rings. The summed E-state index contributed by atoms with van der Waals surface area (Å²) in [6, 6.07) is 3.24. The number of terminal acetylenes is 1. The molecule has 0 bridgehead atoms. The summed E-state index contributed by atoms with van der Waals surface area (Å²) < 4.78 is 13.2. The van der Waals surface area contributed by atoms with Crippen molar-refractivity contribution in [3.8, 4) is 18.0 Å². The summed E-state index contributed by atoms with van der Waals surface area (Å²) in [7, 11) is -1.09. The van der Waals surface area contributed by atoms with Crippen LogP contribution in [0.4, 0.5) is 5.69 Å². The Morgan fingerprint density at radius 2 is 2.38 bits per heavy atom. The van der Waals surface area contributed by atoms with Crippen LogP contribution >= 0.6 is 11.6 Å². The fourth-order valence-corrected chi connectivity index (χ4v) is 2.69. The van der Waals surface area contributed by atoms with Crippen molar-refractivity contribution in [1.82, 2.24) is 9.78 Å². The zero-order valence-corrected chi connectivity index (χ0v) is 14.5. The Morgan fingerprint density at radius 1 is 1.62 bits per heavy atom. The lowest BCUT2D eigenvalue weighted by molar-refractivity contribution is -0.605. The first-order valence-electron chi connectivity index (χ1n) is 6.90. The third kappa shape index (κ3) is 4.34. The summed E-state index contributed by atoms with van der Waals surface area (Å²) >= 11 is 6.13. The molecule has 2 aromatic heterocycles. The Hall–Kier alpha value is -2.37. The van der Waals surface area contributed by atoms with E-state index in [1.807, 2.05) is 0 Å². The SMILES string of the molecule is C#CCN(C(=O)CCS(C)=O)c1cn(-c2ccc[n+]([O-])c2)nc1Cl. The molecule has 0 aliphatic heterocycles. The van der Waals surface area contributed by atoms with E-state index in [-0.39, 0.29) is 29.8 Å². The van der Waals surface area contributed by atoms with Crippen LogP contribution in [0.1, 0.15) is 6.42 Å². The second-order valence-corrected chi connectivity index (χ2v) is 6.80. The number of rotatable bonds is 6. The molecule has 1 atom stereocenters. The smallest absolute Gasteiger partial charge is 0.228 e. The van der Waals surface area contributed by atoms with Gasteiger partial charge in [0.05, 0.1) is 12.7 Å². The number of hydrogen-bond donors (Lipinski definition) is 0. The number of halogens is 1. The maximum Gasteiger partial charge on any atom is 0.228 e. The molecule has 0 N–H and O–H groups in total. The maximum absolute atomic E-state index is 12.3. The van der Waals surface area contributed by atoms with Gasteiger partial charge in [-0.25, -0.2) is 4.68 Å². The molecule has 0 fully saturated rings. The molecule has 1 amide bonds. The Kier molecular flexibility index (Phi) is 5.95. The molecule has 126 valence electrons. The van der Waals surface area contributed by atoms with Gasteiger partial charge >= 0.3 is 0 Å². The Labute approximate surface area is 146 Å². The van der Waals surface area contributed by atoms with Gasteiger partial charge in [0.1, 0.15) is 11.4 Å². The van der Waals surface area contributed by atoms with Crippen LogP contribution in [0.15, 0.2) is 30.7 Å². The van der Waals surface area contributed by atoms with Crippen LogP contribution in [0.2, 0.25) is 5.15 Å². The highest BCUT2D eigenvalue weighted by atomic mass is 35.5. The van der Waals surface area contributed by atoms with Gasteiger partial charge in [-0.1, -0.05) is 17.5 Å². The summed E-state index contributed by atoms with van der Waals surface area (Å²) in [5.41, 5.74) is 0.825. The quantitative estimate of drug-likeness (QED) is 0.432. The van der Waals surface area contributed by atoms with E-state index in [1.165, 1.54) is 34.4 Å². The summed E-state index contributed by atoms with van der Waals surface area (Å²) in [6.07, 6.45) is 11.1. The molecule has 1 unspecified atom stereocenters. The van der Waals surface area contributed by atoms with Gasteiger partial charge in [-0.3, -0.25) is 13.9 Å². The standard InChI is InChI=1S/C15H15ClN4O3S/c1-3-7-19(14(21)6-9-24(2)23)13-11-20(17-15(13)16)12-5-4-8-18(22)10-12/h1,4-5,8,10-11H,6-7,9H2,2H3. The van der Waals surface area contributed by atoms with E-state index in [9.17, 15) is 14.2 Å². The van der Waals surface area contributed by atoms with E-state index in [4.69, 9.17) is 18.0 Å². The van der Waals surface area contributed by atoms with E-state index in [0.29, 0.717) is 16.1 Å². The highest BCUT2D eigenvalue weighted by Gasteiger charge is 2.21. The highest BCUT2D eigenvalue weighted by molar-refractivity contribution is 7.84. The van der Waals surface area contributed by atoms with Crippen molar-refractivity contribution in [2.75, 3.05) is 23.5 Å². The lowest BCUT2D eigenvalue weighted by Gasteiger charge is -2.18. The number of carbonyl (C=O) groups is 1. The second-order valence-electron chi connectivity index (χ2n) is 4.88. The van der Waals surface area contributed by atoms with Gasteiger partial charge in [0, 0.05) is 35.3 Å². The largest absolute Gasteiger partial charge is 0.619 e. The number of hydrogen-bond acceptors (Lipinski definition) is 4. The van der Waals surface area contributed by atoms with E-state index < -0.39 is 10.8 Å². The van der Waals surface area contributed by atoms with E-state index in [2.05, 4.69) is 11.0 Å². The van der Waals surface area contributed by atoms with Crippen molar-refractivity contribution in [3.05, 3.63) is 41.1 Å². The number of carbonyl (C=O) groups excluding carboxylic acids is 1. The van der Waals surface area contributed by atoms with Crippen LogP contribution in [0.25, 0.3) is 5.69 Å². The Balaban J connectivity index is 2.32. The number of amides is 1. The number of nitrogens with zero attached hydrogens (tertiary/aromatic N) is 4. The number of aromatic nitrogens is 3. The number of pyridine rings is 1. The minimum atomic E-state index is -1.09. The predicted octanol–water partition coefficient (Wildman–Crippen LogP) is 0.894. The first-order valence-corrected chi connectivity index (χ1v) is 9.01. The lowest BCUT2D eigenvalue weighted by Crippen LogP contribution is -2.32. The fraction of sp³-hybridized carbons (Fsp3) is 0.267. The Morgan fingerprint density at radius 3 is 3.00 bits per heavy atom. The molecule has 9 heteroatoms. The molecule has 0 aliphatic rings. The summed E-state index contributed by atoms with van der Waals surface area (Å²) in [6.45, 7) is 0.0109. The monoisotopic (exact) mass is 366 g/mol. The Bertz CT molecular complexity index is 815. The zero-order chi connectivity index (χ0) is 17.7. The van der Waals surface area contributed by atoms with Crippen LogP contribution in [0, 0.1) is 17.6 Å². The molecule has 24 heavy (non-hydrogen) atoms. The van der Waals surface area contributed by atoms with Crippen LogP contribution in [-0.4, -0.2) is 38.4 Å². The molecule has 0 aromatic carbocycles. The van der Waals surface area contributed by atoms with Crippen molar-refractivity contribution >= 4 is 34.0 Å². The number of anilines is 1. The van der Waals surface area contributed by atoms with Crippen LogP contribution in [-0.2, 0) is 15.6 Å². The van der Waals surface area contributed by atoms with E-state index in [0.717, 1.165) is 0 Å². The fourth-order valence-electron chi connectivity index (χ4n) is 2.00. The van der Waals surface area contributed by atoms with Crippen molar-refractivity contribution in [2.24, 2.45) is 0 Å². The first-order chi connectivity index (χ1) is 11.4. The summed E-state index contributed by atoms with van der Waals surface area (Å²) in [5, 5.41) is 15.6. The van der Waals surface area contributed by atoms with Gasteiger partial charge in [0.15, 0.2) is 11.3 Å². The van der Waals surface area contributed by atoms with Gasteiger partial charge in [-0.15, -0.1) is 6.42 Å². The molecule has 2 heterocycles. The molecule has 7 nitrogen and oxygen atoms in total. The molecule has 0 saturated heterocycles. The molecule has 2 rings (SSSR count). The first kappa shape index (κ1) is 18.0.